The molecule has 1 atom stereocenters. The van der Waals surface area contributed by atoms with Gasteiger partial charge in [-0.1, -0.05) is 32.0 Å². The van der Waals surface area contributed by atoms with Gasteiger partial charge in [0.15, 0.2) is 5.78 Å². The highest BCUT2D eigenvalue weighted by Crippen LogP contribution is 2.48. The Hall–Kier alpha value is -2.96. The molecule has 0 saturated heterocycles. The van der Waals surface area contributed by atoms with Crippen molar-refractivity contribution in [1.82, 2.24) is 5.32 Å². The van der Waals surface area contributed by atoms with Gasteiger partial charge in [0.2, 0.25) is 0 Å². The molecule has 1 aromatic carbocycles. The third-order valence-electron chi connectivity index (χ3n) is 6.48. The van der Waals surface area contributed by atoms with Crippen LogP contribution in [0.4, 0.5) is 5.69 Å². The number of ether oxygens (including phenoxy) is 1. The number of Topliss-reactive ketones (excluding diaryl/α,β-unsaturated/α-hetero) is 1. The van der Waals surface area contributed by atoms with E-state index in [0.717, 1.165) is 31.4 Å². The number of hydrogen-bond acceptors (Lipinski definition) is 6. The first-order valence-electron chi connectivity index (χ1n) is 10.9. The van der Waals surface area contributed by atoms with Gasteiger partial charge in [-0.15, -0.1) is 0 Å². The summed E-state index contributed by atoms with van der Waals surface area (Å²) in [5, 5.41) is 15.1. The molecule has 4 rings (SSSR count). The predicted molar refractivity (Wildman–Crippen MR) is 115 cm³/mol. The van der Waals surface area contributed by atoms with Crippen LogP contribution >= 0.6 is 0 Å². The standard InChI is InChI=1S/C24H28N2O5/c1-14-20(23(28)31-15-8-4-5-9-15)21(16-10-6-7-11-18(16)26(29)30)22-17(25-14)12-24(2,3)13-19(22)27/h6-7,10-11,15,21,25H,4-5,8-9,12-13H2,1-3H3/t21-/m1/s1. The van der Waals surface area contributed by atoms with E-state index in [1.165, 1.54) is 6.07 Å². The first-order chi connectivity index (χ1) is 14.7. The number of nitro benzene ring substituents is 1. The van der Waals surface area contributed by atoms with Crippen LogP contribution in [-0.2, 0) is 14.3 Å². The number of carbonyl (C=O) groups excluding carboxylic acids is 2. The number of nitrogens with zero attached hydrogens (tertiary/aromatic N) is 1. The molecule has 0 spiro atoms. The van der Waals surface area contributed by atoms with Gasteiger partial charge in [0.05, 0.1) is 16.4 Å². The van der Waals surface area contributed by atoms with Gasteiger partial charge in [-0.25, -0.2) is 4.79 Å². The van der Waals surface area contributed by atoms with Gasteiger partial charge >= 0.3 is 5.97 Å². The minimum Gasteiger partial charge on any atom is -0.459 e. The van der Waals surface area contributed by atoms with Gasteiger partial charge in [-0.3, -0.25) is 14.9 Å². The molecular weight excluding hydrogens is 396 g/mol. The number of esters is 1. The summed E-state index contributed by atoms with van der Waals surface area (Å²) in [4.78, 5) is 37.9. The first-order valence-corrected chi connectivity index (χ1v) is 10.9. The number of carbonyl (C=O) groups is 2. The van der Waals surface area contributed by atoms with Crippen molar-refractivity contribution in [3.8, 4) is 0 Å². The van der Waals surface area contributed by atoms with E-state index >= 15 is 0 Å². The Bertz CT molecular complexity index is 1010. The summed E-state index contributed by atoms with van der Waals surface area (Å²) in [6.07, 6.45) is 4.50. The molecule has 3 aliphatic rings. The molecule has 1 aliphatic heterocycles. The molecular formula is C24H28N2O5. The highest BCUT2D eigenvalue weighted by Gasteiger charge is 2.45. The molecule has 7 nitrogen and oxygen atoms in total. The molecule has 2 aliphatic carbocycles. The molecule has 1 saturated carbocycles. The summed E-state index contributed by atoms with van der Waals surface area (Å²) >= 11 is 0. The number of hydrogen-bond donors (Lipinski definition) is 1. The molecule has 0 unspecified atom stereocenters. The quantitative estimate of drug-likeness (QED) is 0.428. The zero-order valence-electron chi connectivity index (χ0n) is 18.2. The third-order valence-corrected chi connectivity index (χ3v) is 6.48. The summed E-state index contributed by atoms with van der Waals surface area (Å²) < 4.78 is 5.79. The lowest BCUT2D eigenvalue weighted by Crippen LogP contribution is -2.39. The van der Waals surface area contributed by atoms with Crippen molar-refractivity contribution in [3.05, 3.63) is 62.5 Å². The molecule has 1 N–H and O–H groups in total. The third kappa shape index (κ3) is 4.01. The minimum absolute atomic E-state index is 0.0828. The van der Waals surface area contributed by atoms with E-state index in [0.29, 0.717) is 35.2 Å². The maximum absolute atomic E-state index is 13.3. The Labute approximate surface area is 181 Å². The van der Waals surface area contributed by atoms with Crippen molar-refractivity contribution < 1.29 is 19.2 Å². The van der Waals surface area contributed by atoms with Crippen molar-refractivity contribution in [2.75, 3.05) is 0 Å². The smallest absolute Gasteiger partial charge is 0.337 e. The molecule has 1 aromatic rings. The second kappa shape index (κ2) is 7.94. The van der Waals surface area contributed by atoms with Gasteiger partial charge in [0, 0.05) is 35.0 Å². The van der Waals surface area contributed by atoms with Gasteiger partial charge < -0.3 is 10.1 Å². The number of benzene rings is 1. The van der Waals surface area contributed by atoms with E-state index in [1.807, 2.05) is 13.8 Å². The Kier molecular flexibility index (Phi) is 5.45. The average Bonchev–Trinajstić information content (AvgIpc) is 3.18. The van der Waals surface area contributed by atoms with Crippen LogP contribution in [0.15, 0.2) is 46.8 Å². The Balaban J connectivity index is 1.85. The Morgan fingerprint density at radius 1 is 1.19 bits per heavy atom. The summed E-state index contributed by atoms with van der Waals surface area (Å²) in [7, 11) is 0. The van der Waals surface area contributed by atoms with Gasteiger partial charge in [-0.2, -0.15) is 0 Å². The molecule has 1 fully saturated rings. The van der Waals surface area contributed by atoms with Crippen LogP contribution in [0.25, 0.3) is 0 Å². The maximum Gasteiger partial charge on any atom is 0.337 e. The topological polar surface area (TPSA) is 98.5 Å². The molecule has 164 valence electrons. The highest BCUT2D eigenvalue weighted by atomic mass is 16.6. The zero-order chi connectivity index (χ0) is 22.3. The van der Waals surface area contributed by atoms with Crippen molar-refractivity contribution in [2.24, 2.45) is 5.41 Å². The summed E-state index contributed by atoms with van der Waals surface area (Å²) in [6, 6.07) is 6.36. The fourth-order valence-corrected chi connectivity index (χ4v) is 5.14. The molecule has 0 bridgehead atoms. The van der Waals surface area contributed by atoms with E-state index < -0.39 is 16.8 Å². The fourth-order valence-electron chi connectivity index (χ4n) is 5.14. The van der Waals surface area contributed by atoms with Crippen LogP contribution in [-0.4, -0.2) is 22.8 Å². The lowest BCUT2D eigenvalue weighted by molar-refractivity contribution is -0.385. The van der Waals surface area contributed by atoms with Crippen LogP contribution in [0.2, 0.25) is 0 Å². The SMILES string of the molecule is CC1=C(C(=O)OC2CCCC2)[C@@H](c2ccccc2[N+](=O)[O-])C2=C(CC(C)(C)CC2=O)N1. The van der Waals surface area contributed by atoms with Crippen molar-refractivity contribution in [3.63, 3.8) is 0 Å². The number of ketones is 1. The van der Waals surface area contributed by atoms with Gasteiger partial charge in [0.25, 0.3) is 5.69 Å². The summed E-state index contributed by atoms with van der Waals surface area (Å²) in [5.41, 5.74) is 2.13. The normalized spacial score (nSPS) is 23.5. The summed E-state index contributed by atoms with van der Waals surface area (Å²) in [5.74, 6) is -1.39. The highest BCUT2D eigenvalue weighted by molar-refractivity contribution is 6.04. The second-order valence-corrected chi connectivity index (χ2v) is 9.56. The Morgan fingerprint density at radius 2 is 1.87 bits per heavy atom. The number of para-hydroxylation sites is 1. The predicted octanol–water partition coefficient (Wildman–Crippen LogP) is 4.68. The first kappa shape index (κ1) is 21.3. The van der Waals surface area contributed by atoms with Crippen LogP contribution in [0, 0.1) is 15.5 Å². The number of dihydropyridines is 1. The number of rotatable bonds is 4. The van der Waals surface area contributed by atoms with E-state index in [2.05, 4.69) is 5.32 Å². The van der Waals surface area contributed by atoms with Crippen LogP contribution in [0.3, 0.4) is 0 Å². The van der Waals surface area contributed by atoms with Crippen molar-refractivity contribution in [1.29, 1.82) is 0 Å². The lowest BCUT2D eigenvalue weighted by Gasteiger charge is -2.39. The number of allylic oxidation sites excluding steroid dienone is 3. The van der Waals surface area contributed by atoms with Crippen LogP contribution < -0.4 is 5.32 Å². The zero-order valence-corrected chi connectivity index (χ0v) is 18.2. The van der Waals surface area contributed by atoms with Gasteiger partial charge in [0.1, 0.15) is 6.10 Å². The lowest BCUT2D eigenvalue weighted by atomic mass is 9.68. The molecule has 1 heterocycles. The molecule has 31 heavy (non-hydrogen) atoms. The van der Waals surface area contributed by atoms with Crippen LogP contribution in [0.5, 0.6) is 0 Å². The molecule has 7 heteroatoms. The maximum atomic E-state index is 13.3. The molecule has 0 radical (unpaired) electrons. The van der Waals surface area contributed by atoms with E-state index in [-0.39, 0.29) is 23.0 Å². The monoisotopic (exact) mass is 424 g/mol. The van der Waals surface area contributed by atoms with Crippen molar-refractivity contribution >= 4 is 17.4 Å². The van der Waals surface area contributed by atoms with Crippen LogP contribution in [0.1, 0.15) is 70.8 Å². The van der Waals surface area contributed by atoms with Crippen molar-refractivity contribution in [2.45, 2.75) is 71.3 Å². The molecule has 0 aromatic heterocycles. The minimum atomic E-state index is -0.810. The summed E-state index contributed by atoms with van der Waals surface area (Å²) in [6.45, 7) is 5.83. The fraction of sp³-hybridized carbons (Fsp3) is 0.500. The average molecular weight is 424 g/mol. The van der Waals surface area contributed by atoms with E-state index in [4.69, 9.17) is 4.74 Å². The Morgan fingerprint density at radius 3 is 2.55 bits per heavy atom. The largest absolute Gasteiger partial charge is 0.459 e. The van der Waals surface area contributed by atoms with Gasteiger partial charge in [-0.05, 0) is 44.4 Å². The molecule has 0 amide bonds. The van der Waals surface area contributed by atoms with E-state index in [9.17, 15) is 19.7 Å². The number of nitro groups is 1. The number of nitrogens with one attached hydrogen (secondary N) is 1. The van der Waals surface area contributed by atoms with E-state index in [1.54, 1.807) is 25.1 Å². The second-order valence-electron chi connectivity index (χ2n) is 9.56.